The van der Waals surface area contributed by atoms with Crippen LogP contribution in [0.3, 0.4) is 0 Å². The Bertz CT molecular complexity index is 1250. The van der Waals surface area contributed by atoms with Crippen LogP contribution in [0.2, 0.25) is 0 Å². The highest BCUT2D eigenvalue weighted by Crippen LogP contribution is 2.45. The van der Waals surface area contributed by atoms with Crippen LogP contribution in [0.15, 0.2) is 78.2 Å². The maximum Gasteiger partial charge on any atom is 0.275 e. The number of benzene rings is 3. The Morgan fingerprint density at radius 1 is 0.857 bits per heavy atom. The molecular formula is C23H14FNO2S. The van der Waals surface area contributed by atoms with Crippen molar-refractivity contribution in [2.24, 2.45) is 0 Å². The Morgan fingerprint density at radius 3 is 2.36 bits per heavy atom. The van der Waals surface area contributed by atoms with E-state index in [2.05, 4.69) is 5.32 Å². The van der Waals surface area contributed by atoms with E-state index in [-0.39, 0.29) is 11.1 Å². The van der Waals surface area contributed by atoms with Crippen molar-refractivity contribution >= 4 is 38.8 Å². The summed E-state index contributed by atoms with van der Waals surface area (Å²) in [6, 6.07) is 21.6. The van der Waals surface area contributed by atoms with E-state index in [0.29, 0.717) is 10.6 Å². The van der Waals surface area contributed by atoms with Crippen molar-refractivity contribution in [3.8, 4) is 11.1 Å². The van der Waals surface area contributed by atoms with Gasteiger partial charge in [-0.2, -0.15) is 0 Å². The SMILES string of the molecule is O=C1Nc2scc(-c3ccc4ccccc4c3)c2C(=O)C1(F)c1ccccc1. The lowest BCUT2D eigenvalue weighted by molar-refractivity contribution is -0.125. The van der Waals surface area contributed by atoms with Gasteiger partial charge in [0.1, 0.15) is 5.00 Å². The molecule has 0 spiro atoms. The zero-order valence-electron chi connectivity index (χ0n) is 14.6. The van der Waals surface area contributed by atoms with E-state index in [1.807, 2.05) is 42.5 Å². The number of Topliss-reactive ketones (excluding diaryl/α,β-unsaturated/α-hetero) is 1. The Kier molecular flexibility index (Phi) is 3.67. The number of hydrogen-bond donors (Lipinski definition) is 1. The summed E-state index contributed by atoms with van der Waals surface area (Å²) in [5, 5.41) is 6.89. The van der Waals surface area contributed by atoms with Gasteiger partial charge >= 0.3 is 0 Å². The monoisotopic (exact) mass is 387 g/mol. The first kappa shape index (κ1) is 16.8. The Balaban J connectivity index is 1.68. The van der Waals surface area contributed by atoms with Crippen LogP contribution in [0, 0.1) is 0 Å². The fourth-order valence-electron chi connectivity index (χ4n) is 3.64. The van der Waals surface area contributed by atoms with Crippen LogP contribution >= 0.6 is 11.3 Å². The van der Waals surface area contributed by atoms with E-state index in [0.717, 1.165) is 16.3 Å². The molecule has 1 atom stereocenters. The summed E-state index contributed by atoms with van der Waals surface area (Å²) in [6.07, 6.45) is 0. The summed E-state index contributed by atoms with van der Waals surface area (Å²) < 4.78 is 15.8. The third kappa shape index (κ3) is 2.33. The number of ketones is 1. The quantitative estimate of drug-likeness (QED) is 0.457. The van der Waals surface area contributed by atoms with Crippen molar-refractivity contribution in [1.82, 2.24) is 0 Å². The van der Waals surface area contributed by atoms with Gasteiger partial charge in [0.25, 0.3) is 11.6 Å². The van der Waals surface area contributed by atoms with Crippen molar-refractivity contribution in [1.29, 1.82) is 0 Å². The van der Waals surface area contributed by atoms with E-state index in [1.165, 1.54) is 23.5 Å². The molecule has 136 valence electrons. The van der Waals surface area contributed by atoms with Crippen LogP contribution in [0.1, 0.15) is 15.9 Å². The van der Waals surface area contributed by atoms with E-state index in [1.54, 1.807) is 23.6 Å². The van der Waals surface area contributed by atoms with E-state index < -0.39 is 17.4 Å². The predicted molar refractivity (Wildman–Crippen MR) is 109 cm³/mol. The smallest absolute Gasteiger partial charge is 0.275 e. The van der Waals surface area contributed by atoms with Crippen LogP contribution < -0.4 is 5.32 Å². The van der Waals surface area contributed by atoms with Crippen molar-refractivity contribution in [3.63, 3.8) is 0 Å². The number of amides is 1. The molecule has 5 heteroatoms. The highest BCUT2D eigenvalue weighted by atomic mass is 32.1. The summed E-state index contributed by atoms with van der Waals surface area (Å²) in [4.78, 5) is 25.7. The molecule has 2 heterocycles. The first-order chi connectivity index (χ1) is 13.6. The van der Waals surface area contributed by atoms with Crippen molar-refractivity contribution in [3.05, 3.63) is 89.3 Å². The number of halogens is 1. The van der Waals surface area contributed by atoms with Gasteiger partial charge in [-0.1, -0.05) is 66.7 Å². The summed E-state index contributed by atoms with van der Waals surface area (Å²) in [5.41, 5.74) is -1.02. The highest BCUT2D eigenvalue weighted by molar-refractivity contribution is 7.15. The van der Waals surface area contributed by atoms with Gasteiger partial charge in [-0.15, -0.1) is 11.3 Å². The minimum Gasteiger partial charge on any atom is -0.314 e. The molecule has 3 aromatic carbocycles. The molecular weight excluding hydrogens is 373 g/mol. The van der Waals surface area contributed by atoms with Gasteiger partial charge in [0.2, 0.25) is 5.78 Å². The molecule has 3 nitrogen and oxygen atoms in total. The summed E-state index contributed by atoms with van der Waals surface area (Å²) in [7, 11) is 0. The molecule has 28 heavy (non-hydrogen) atoms. The molecule has 0 aliphatic carbocycles. The van der Waals surface area contributed by atoms with Crippen LogP contribution in [0.25, 0.3) is 21.9 Å². The molecule has 0 radical (unpaired) electrons. The number of alkyl halides is 1. The molecule has 1 N–H and O–H groups in total. The first-order valence-electron chi connectivity index (χ1n) is 8.80. The molecule has 0 saturated heterocycles. The average Bonchev–Trinajstić information content (AvgIpc) is 3.16. The van der Waals surface area contributed by atoms with Crippen LogP contribution in [0.5, 0.6) is 0 Å². The second-order valence-electron chi connectivity index (χ2n) is 6.72. The Hall–Kier alpha value is -3.31. The fraction of sp³-hybridized carbons (Fsp3) is 0.0435. The zero-order chi connectivity index (χ0) is 19.3. The van der Waals surface area contributed by atoms with Gasteiger partial charge in [0.15, 0.2) is 0 Å². The number of carbonyl (C=O) groups is 2. The molecule has 1 aliphatic heterocycles. The molecule has 1 amide bonds. The second kappa shape index (κ2) is 6.11. The predicted octanol–water partition coefficient (Wildman–Crippen LogP) is 5.57. The molecule has 4 aromatic rings. The fourth-order valence-corrected chi connectivity index (χ4v) is 4.60. The van der Waals surface area contributed by atoms with Crippen molar-refractivity contribution in [2.45, 2.75) is 5.67 Å². The van der Waals surface area contributed by atoms with Gasteiger partial charge in [-0.3, -0.25) is 9.59 Å². The van der Waals surface area contributed by atoms with Crippen molar-refractivity contribution < 1.29 is 14.0 Å². The number of fused-ring (bicyclic) bond motifs is 2. The van der Waals surface area contributed by atoms with Gasteiger partial charge in [-0.25, -0.2) is 4.39 Å². The van der Waals surface area contributed by atoms with Crippen LogP contribution in [-0.4, -0.2) is 11.7 Å². The topological polar surface area (TPSA) is 46.2 Å². The number of rotatable bonds is 2. The van der Waals surface area contributed by atoms with E-state index >= 15 is 4.39 Å². The second-order valence-corrected chi connectivity index (χ2v) is 7.60. The third-order valence-corrected chi connectivity index (χ3v) is 6.00. The van der Waals surface area contributed by atoms with Crippen LogP contribution in [-0.2, 0) is 10.5 Å². The summed E-state index contributed by atoms with van der Waals surface area (Å²) in [6.45, 7) is 0. The Labute approximate surface area is 164 Å². The standard InChI is InChI=1S/C23H14FNO2S/c24-23(17-8-2-1-3-9-17)20(26)19-18(13-28-21(19)25-22(23)27)16-11-10-14-6-4-5-7-15(14)12-16/h1-13H,(H,25,27). The van der Waals surface area contributed by atoms with Gasteiger partial charge in [-0.05, 0) is 22.4 Å². The third-order valence-electron chi connectivity index (χ3n) is 5.10. The normalized spacial score (nSPS) is 18.8. The largest absolute Gasteiger partial charge is 0.314 e. The van der Waals surface area contributed by atoms with E-state index in [4.69, 9.17) is 0 Å². The van der Waals surface area contributed by atoms with Crippen LogP contribution in [0.4, 0.5) is 9.39 Å². The van der Waals surface area contributed by atoms with Gasteiger partial charge in [0, 0.05) is 16.5 Å². The first-order valence-corrected chi connectivity index (χ1v) is 9.68. The molecule has 1 aromatic heterocycles. The highest BCUT2D eigenvalue weighted by Gasteiger charge is 2.53. The lowest BCUT2D eigenvalue weighted by Gasteiger charge is -2.28. The average molecular weight is 387 g/mol. The number of carbonyl (C=O) groups excluding carboxylic acids is 2. The minimum atomic E-state index is -2.74. The maximum absolute atomic E-state index is 15.8. The summed E-state index contributed by atoms with van der Waals surface area (Å²) >= 11 is 1.24. The molecule has 0 fully saturated rings. The van der Waals surface area contributed by atoms with Gasteiger partial charge in [0.05, 0.1) is 5.56 Å². The zero-order valence-corrected chi connectivity index (χ0v) is 15.4. The number of anilines is 1. The minimum absolute atomic E-state index is 0.0406. The van der Waals surface area contributed by atoms with Gasteiger partial charge < -0.3 is 5.32 Å². The van der Waals surface area contributed by atoms with Crippen molar-refractivity contribution in [2.75, 3.05) is 5.32 Å². The van der Waals surface area contributed by atoms with E-state index in [9.17, 15) is 9.59 Å². The Morgan fingerprint density at radius 2 is 1.57 bits per heavy atom. The number of hydrogen-bond acceptors (Lipinski definition) is 3. The molecule has 1 unspecified atom stereocenters. The molecule has 1 aliphatic rings. The lowest BCUT2D eigenvalue weighted by atomic mass is 9.83. The molecule has 0 bridgehead atoms. The maximum atomic E-state index is 15.8. The number of thiophene rings is 1. The summed E-state index contributed by atoms with van der Waals surface area (Å²) in [5.74, 6) is -1.76. The lowest BCUT2D eigenvalue weighted by Crippen LogP contribution is -2.47. The molecule has 0 saturated carbocycles. The molecule has 5 rings (SSSR count). The number of nitrogens with one attached hydrogen (secondary N) is 1.